The van der Waals surface area contributed by atoms with Crippen LogP contribution in [0.5, 0.6) is 0 Å². The van der Waals surface area contributed by atoms with Crippen molar-refractivity contribution in [1.82, 2.24) is 5.43 Å². The number of piperazine rings is 1. The normalized spacial score (nSPS) is 14.6. The summed E-state index contributed by atoms with van der Waals surface area (Å²) in [6.45, 7) is 2.50. The Bertz CT molecular complexity index is 869. The Balaban J connectivity index is 1.70. The molecule has 0 radical (unpaired) electrons. The van der Waals surface area contributed by atoms with Gasteiger partial charge >= 0.3 is 0 Å². The third kappa shape index (κ3) is 4.84. The highest BCUT2D eigenvalue weighted by atomic mass is 35.5. The first-order valence-corrected chi connectivity index (χ1v) is 9.05. The van der Waals surface area contributed by atoms with Gasteiger partial charge in [-0.05, 0) is 36.5 Å². The molecule has 27 heavy (non-hydrogen) atoms. The summed E-state index contributed by atoms with van der Waals surface area (Å²) in [4.78, 5) is 3.99. The fraction of sp³-hybridized carbons (Fsp3) is 0.222. The maximum absolute atomic E-state index is 14.5. The lowest BCUT2D eigenvalue weighted by Crippen LogP contribution is -2.46. The first-order valence-electron chi connectivity index (χ1n) is 8.27. The van der Waals surface area contributed by atoms with Gasteiger partial charge in [0, 0.05) is 48.5 Å². The lowest BCUT2D eigenvalue weighted by Gasteiger charge is -2.37. The van der Waals surface area contributed by atoms with E-state index < -0.39 is 11.6 Å². The van der Waals surface area contributed by atoms with E-state index >= 15 is 0 Å². The first-order chi connectivity index (χ1) is 12.9. The smallest absolute Gasteiger partial charge is 0.184 e. The number of thiocarbonyl (C=S) groups is 1. The molecule has 0 aromatic heterocycles. The average Bonchev–Trinajstić information content (AvgIpc) is 2.64. The van der Waals surface area contributed by atoms with E-state index in [1.54, 1.807) is 0 Å². The standard InChI is InChI=1S/C18H18ClF2N5S/c19-13-2-1-3-14(9-13)25-4-6-26(7-5-25)17-10-15(20)12(8-16(17)21)11-23-24-18(22)27/h1-3,8-11H,4-7H2,(H3,22,24,27)/b23-11+. The molecular weight excluding hydrogens is 392 g/mol. The Morgan fingerprint density at radius 3 is 2.48 bits per heavy atom. The number of hydrogen-bond acceptors (Lipinski definition) is 4. The van der Waals surface area contributed by atoms with Gasteiger partial charge in [0.1, 0.15) is 11.6 Å². The number of nitrogens with zero attached hydrogens (tertiary/aromatic N) is 3. The van der Waals surface area contributed by atoms with Crippen molar-refractivity contribution in [3.8, 4) is 0 Å². The highest BCUT2D eigenvalue weighted by molar-refractivity contribution is 7.80. The molecule has 0 spiro atoms. The molecule has 1 aliphatic rings. The largest absolute Gasteiger partial charge is 0.375 e. The van der Waals surface area contributed by atoms with Gasteiger partial charge in [0.05, 0.1) is 11.9 Å². The van der Waals surface area contributed by atoms with E-state index in [1.807, 2.05) is 29.2 Å². The Kier molecular flexibility index (Phi) is 6.08. The summed E-state index contributed by atoms with van der Waals surface area (Å²) >= 11 is 10.6. The number of hydrazone groups is 1. The maximum Gasteiger partial charge on any atom is 0.184 e. The van der Waals surface area contributed by atoms with Gasteiger partial charge < -0.3 is 15.5 Å². The quantitative estimate of drug-likeness (QED) is 0.461. The van der Waals surface area contributed by atoms with E-state index in [0.717, 1.165) is 18.0 Å². The topological polar surface area (TPSA) is 56.9 Å². The predicted octanol–water partition coefficient (Wildman–Crippen LogP) is 3.11. The van der Waals surface area contributed by atoms with Crippen LogP contribution in [0, 0.1) is 11.6 Å². The minimum absolute atomic E-state index is 0.0116. The summed E-state index contributed by atoms with van der Waals surface area (Å²) < 4.78 is 28.8. The highest BCUT2D eigenvalue weighted by Crippen LogP contribution is 2.26. The molecule has 0 saturated carbocycles. The van der Waals surface area contributed by atoms with Gasteiger partial charge in [-0.25, -0.2) is 8.78 Å². The number of nitrogens with two attached hydrogens (primary N) is 1. The second-order valence-electron chi connectivity index (χ2n) is 6.01. The molecule has 0 bridgehead atoms. The van der Waals surface area contributed by atoms with Crippen molar-refractivity contribution >= 4 is 46.5 Å². The Hall–Kier alpha value is -2.45. The van der Waals surface area contributed by atoms with Gasteiger partial charge in [-0.3, -0.25) is 5.43 Å². The second-order valence-corrected chi connectivity index (χ2v) is 6.89. The molecule has 9 heteroatoms. The monoisotopic (exact) mass is 409 g/mol. The number of halogens is 3. The van der Waals surface area contributed by atoms with Crippen molar-refractivity contribution in [3.05, 3.63) is 58.6 Å². The molecule has 3 N–H and O–H groups in total. The van der Waals surface area contributed by atoms with Crippen molar-refractivity contribution in [3.63, 3.8) is 0 Å². The maximum atomic E-state index is 14.5. The summed E-state index contributed by atoms with van der Waals surface area (Å²) in [5.74, 6) is -1.08. The van der Waals surface area contributed by atoms with Crippen LogP contribution < -0.4 is 21.0 Å². The molecule has 2 aromatic carbocycles. The van der Waals surface area contributed by atoms with E-state index in [4.69, 9.17) is 17.3 Å². The Morgan fingerprint density at radius 2 is 1.81 bits per heavy atom. The number of hydrogen-bond donors (Lipinski definition) is 2. The summed E-state index contributed by atoms with van der Waals surface area (Å²) in [6.07, 6.45) is 1.14. The molecule has 1 heterocycles. The fourth-order valence-electron chi connectivity index (χ4n) is 2.94. The molecule has 1 aliphatic heterocycles. The van der Waals surface area contributed by atoms with Gasteiger partial charge in [-0.15, -0.1) is 0 Å². The van der Waals surface area contributed by atoms with Crippen LogP contribution in [0.25, 0.3) is 0 Å². The molecule has 3 rings (SSSR count). The minimum Gasteiger partial charge on any atom is -0.375 e. The van der Waals surface area contributed by atoms with Crippen LogP contribution in [0.15, 0.2) is 41.5 Å². The van der Waals surface area contributed by atoms with Crippen LogP contribution in [0.3, 0.4) is 0 Å². The van der Waals surface area contributed by atoms with Gasteiger partial charge in [0.25, 0.3) is 0 Å². The van der Waals surface area contributed by atoms with Crippen molar-refractivity contribution < 1.29 is 8.78 Å². The molecule has 1 saturated heterocycles. The van der Waals surface area contributed by atoms with Crippen molar-refractivity contribution in [1.29, 1.82) is 0 Å². The SMILES string of the molecule is NC(=S)N/N=C/c1cc(F)c(N2CCN(c3cccc(Cl)c3)CC2)cc1F. The molecule has 142 valence electrons. The van der Waals surface area contributed by atoms with Gasteiger partial charge in [0.15, 0.2) is 5.11 Å². The fourth-order valence-corrected chi connectivity index (χ4v) is 3.17. The number of nitrogens with one attached hydrogen (secondary N) is 1. The number of benzene rings is 2. The molecule has 0 atom stereocenters. The lowest BCUT2D eigenvalue weighted by molar-refractivity contribution is 0.579. The average molecular weight is 410 g/mol. The van der Waals surface area contributed by atoms with E-state index in [1.165, 1.54) is 6.07 Å². The van der Waals surface area contributed by atoms with Crippen LogP contribution in [-0.2, 0) is 0 Å². The molecular formula is C18H18ClF2N5S. The van der Waals surface area contributed by atoms with Crippen molar-refractivity contribution in [2.24, 2.45) is 10.8 Å². The summed E-state index contributed by atoms with van der Waals surface area (Å²) in [5.41, 5.74) is 8.80. The summed E-state index contributed by atoms with van der Waals surface area (Å²) in [6, 6.07) is 9.89. The van der Waals surface area contributed by atoms with Crippen LogP contribution in [-0.4, -0.2) is 37.5 Å². The number of anilines is 2. The van der Waals surface area contributed by atoms with Crippen molar-refractivity contribution in [2.75, 3.05) is 36.0 Å². The molecule has 1 fully saturated rings. The zero-order valence-corrected chi connectivity index (χ0v) is 15.9. The van der Waals surface area contributed by atoms with Crippen LogP contribution in [0.2, 0.25) is 5.02 Å². The lowest BCUT2D eigenvalue weighted by atomic mass is 10.1. The zero-order chi connectivity index (χ0) is 19.4. The van der Waals surface area contributed by atoms with Crippen LogP contribution in [0.4, 0.5) is 20.2 Å². The number of rotatable bonds is 4. The zero-order valence-electron chi connectivity index (χ0n) is 14.3. The first kappa shape index (κ1) is 19.3. The molecule has 2 aromatic rings. The molecule has 0 amide bonds. The van der Waals surface area contributed by atoms with Crippen LogP contribution in [0.1, 0.15) is 5.56 Å². The Morgan fingerprint density at radius 1 is 1.11 bits per heavy atom. The van der Waals surface area contributed by atoms with E-state index in [9.17, 15) is 8.78 Å². The Labute approximate surface area is 166 Å². The highest BCUT2D eigenvalue weighted by Gasteiger charge is 2.21. The van der Waals surface area contributed by atoms with E-state index in [2.05, 4.69) is 27.6 Å². The second kappa shape index (κ2) is 8.49. The predicted molar refractivity (Wildman–Crippen MR) is 110 cm³/mol. The molecule has 0 aliphatic carbocycles. The van der Waals surface area contributed by atoms with Gasteiger partial charge in [0.2, 0.25) is 0 Å². The van der Waals surface area contributed by atoms with Crippen LogP contribution >= 0.6 is 23.8 Å². The van der Waals surface area contributed by atoms with Gasteiger partial charge in [-0.1, -0.05) is 17.7 Å². The summed E-state index contributed by atoms with van der Waals surface area (Å²) in [5, 5.41) is 4.27. The van der Waals surface area contributed by atoms with E-state index in [0.29, 0.717) is 31.2 Å². The molecule has 5 nitrogen and oxygen atoms in total. The van der Waals surface area contributed by atoms with Crippen molar-refractivity contribution in [2.45, 2.75) is 0 Å². The summed E-state index contributed by atoms with van der Waals surface area (Å²) in [7, 11) is 0. The molecule has 0 unspecified atom stereocenters. The van der Waals surface area contributed by atoms with E-state index in [-0.39, 0.29) is 16.4 Å². The third-order valence-electron chi connectivity index (χ3n) is 4.24. The third-order valence-corrected chi connectivity index (χ3v) is 4.56. The minimum atomic E-state index is -0.572. The van der Waals surface area contributed by atoms with Gasteiger partial charge in [-0.2, -0.15) is 5.10 Å².